The molecule has 1 N–H and O–H groups in total. The summed E-state index contributed by atoms with van der Waals surface area (Å²) in [6.07, 6.45) is 0. The molecule has 0 amide bonds. The first-order valence-electron chi connectivity index (χ1n) is 6.44. The Balaban J connectivity index is 2.20. The molecule has 1 atom stereocenters. The number of carboxylic acids is 1. The summed E-state index contributed by atoms with van der Waals surface area (Å²) in [6, 6.07) is 14.2. The van der Waals surface area contributed by atoms with Gasteiger partial charge in [-0.3, -0.25) is 4.79 Å². The van der Waals surface area contributed by atoms with E-state index in [1.165, 1.54) is 0 Å². The van der Waals surface area contributed by atoms with Crippen molar-refractivity contribution in [2.45, 2.75) is 12.3 Å². The molecule has 0 bridgehead atoms. The lowest BCUT2D eigenvalue weighted by molar-refractivity contribution is -0.155. The van der Waals surface area contributed by atoms with Crippen LogP contribution in [0.4, 0.5) is 0 Å². The van der Waals surface area contributed by atoms with E-state index in [9.17, 15) is 9.90 Å². The molecule has 0 radical (unpaired) electrons. The van der Waals surface area contributed by atoms with E-state index in [-0.39, 0.29) is 0 Å². The molecule has 1 fully saturated rings. The molecule has 2 aromatic rings. The lowest BCUT2D eigenvalue weighted by atomic mass is 9.68. The number of carbonyl (C=O) groups is 1. The van der Waals surface area contributed by atoms with E-state index in [4.69, 9.17) is 4.74 Å². The molecule has 3 rings (SSSR count). The van der Waals surface area contributed by atoms with Crippen molar-refractivity contribution >= 4 is 16.7 Å². The quantitative estimate of drug-likeness (QED) is 0.918. The zero-order valence-corrected chi connectivity index (χ0v) is 10.8. The molecule has 1 unspecified atom stereocenters. The Hall–Kier alpha value is -1.87. The first-order chi connectivity index (χ1) is 9.15. The Morgan fingerprint density at radius 2 is 1.89 bits per heavy atom. The molecule has 1 aliphatic heterocycles. The second kappa shape index (κ2) is 4.35. The highest BCUT2D eigenvalue weighted by Gasteiger charge is 2.48. The van der Waals surface area contributed by atoms with Gasteiger partial charge in [-0.25, -0.2) is 0 Å². The fraction of sp³-hybridized carbons (Fsp3) is 0.312. The number of hydrogen-bond donors (Lipinski definition) is 1. The highest BCUT2D eigenvalue weighted by atomic mass is 16.5. The third-order valence-electron chi connectivity index (χ3n) is 4.24. The zero-order valence-electron chi connectivity index (χ0n) is 10.8. The number of hydrogen-bond acceptors (Lipinski definition) is 2. The van der Waals surface area contributed by atoms with Gasteiger partial charge in [0.25, 0.3) is 0 Å². The first-order valence-corrected chi connectivity index (χ1v) is 6.44. The molecule has 98 valence electrons. The Morgan fingerprint density at radius 1 is 1.21 bits per heavy atom. The molecule has 2 aromatic carbocycles. The largest absolute Gasteiger partial charge is 0.481 e. The maximum absolute atomic E-state index is 11.4. The molecule has 0 spiro atoms. The molecule has 0 aliphatic carbocycles. The Labute approximate surface area is 111 Å². The average molecular weight is 256 g/mol. The number of aliphatic carboxylic acids is 1. The van der Waals surface area contributed by atoms with Gasteiger partial charge >= 0.3 is 5.97 Å². The summed E-state index contributed by atoms with van der Waals surface area (Å²) in [5.74, 6) is -1.22. The van der Waals surface area contributed by atoms with Crippen LogP contribution < -0.4 is 0 Å². The van der Waals surface area contributed by atoms with Crippen LogP contribution in [0.2, 0.25) is 0 Å². The second-order valence-electron chi connectivity index (χ2n) is 5.24. The van der Waals surface area contributed by atoms with Gasteiger partial charge in [-0.15, -0.1) is 0 Å². The van der Waals surface area contributed by atoms with Gasteiger partial charge in [-0.05, 0) is 16.3 Å². The lowest BCUT2D eigenvalue weighted by Gasteiger charge is -2.45. The monoisotopic (exact) mass is 256 g/mol. The van der Waals surface area contributed by atoms with Crippen LogP contribution >= 0.6 is 0 Å². The summed E-state index contributed by atoms with van der Waals surface area (Å²) in [5, 5.41) is 11.6. The minimum atomic E-state index is -0.767. The van der Waals surface area contributed by atoms with Crippen molar-refractivity contribution in [2.24, 2.45) is 5.92 Å². The van der Waals surface area contributed by atoms with Crippen LogP contribution in [0.5, 0.6) is 0 Å². The van der Waals surface area contributed by atoms with Gasteiger partial charge in [0.05, 0.1) is 24.5 Å². The van der Waals surface area contributed by atoms with Crippen molar-refractivity contribution in [3.8, 4) is 0 Å². The number of carboxylic acid groups (broad SMARTS) is 1. The maximum atomic E-state index is 11.4. The second-order valence-corrected chi connectivity index (χ2v) is 5.24. The summed E-state index contributed by atoms with van der Waals surface area (Å²) < 4.78 is 5.35. The fourth-order valence-corrected chi connectivity index (χ4v) is 2.86. The van der Waals surface area contributed by atoms with E-state index in [2.05, 4.69) is 18.2 Å². The van der Waals surface area contributed by atoms with Gasteiger partial charge in [-0.2, -0.15) is 0 Å². The fourth-order valence-electron chi connectivity index (χ4n) is 2.86. The zero-order chi connectivity index (χ0) is 13.5. The highest BCUT2D eigenvalue weighted by Crippen LogP contribution is 2.42. The van der Waals surface area contributed by atoms with E-state index in [1.54, 1.807) is 6.92 Å². The third kappa shape index (κ3) is 1.73. The molecular formula is C16H16O3. The molecule has 19 heavy (non-hydrogen) atoms. The molecular weight excluding hydrogens is 240 g/mol. The van der Waals surface area contributed by atoms with Crippen LogP contribution in [-0.2, 0) is 14.9 Å². The number of benzene rings is 2. The van der Waals surface area contributed by atoms with E-state index in [0.717, 1.165) is 16.3 Å². The SMILES string of the molecule is CC(C(=O)O)C1(c2cccc3ccccc23)COC1. The van der Waals surface area contributed by atoms with Crippen LogP contribution in [0.1, 0.15) is 12.5 Å². The summed E-state index contributed by atoms with van der Waals surface area (Å²) in [6.45, 7) is 2.73. The predicted molar refractivity (Wildman–Crippen MR) is 73.2 cm³/mol. The third-order valence-corrected chi connectivity index (χ3v) is 4.24. The van der Waals surface area contributed by atoms with Crippen molar-refractivity contribution < 1.29 is 14.6 Å². The Bertz CT molecular complexity index is 623. The van der Waals surface area contributed by atoms with Gasteiger partial charge in [0.15, 0.2) is 0 Å². The normalized spacial score (nSPS) is 18.8. The number of rotatable bonds is 3. The number of ether oxygens (including phenoxy) is 1. The van der Waals surface area contributed by atoms with Gasteiger partial charge < -0.3 is 9.84 Å². The molecule has 3 heteroatoms. The molecule has 1 aliphatic rings. The van der Waals surface area contributed by atoms with Crippen molar-refractivity contribution in [3.63, 3.8) is 0 Å². The van der Waals surface area contributed by atoms with Crippen LogP contribution in [0.15, 0.2) is 42.5 Å². The number of fused-ring (bicyclic) bond motifs is 1. The van der Waals surface area contributed by atoms with Crippen LogP contribution in [-0.4, -0.2) is 24.3 Å². The molecule has 3 nitrogen and oxygen atoms in total. The van der Waals surface area contributed by atoms with Crippen molar-refractivity contribution in [1.29, 1.82) is 0 Å². The minimum Gasteiger partial charge on any atom is -0.481 e. The standard InChI is InChI=1S/C16H16O3/c1-11(15(17)18)16(9-19-10-16)14-8-4-6-12-5-2-3-7-13(12)14/h2-8,11H,9-10H2,1H3,(H,17,18). The van der Waals surface area contributed by atoms with Crippen molar-refractivity contribution in [1.82, 2.24) is 0 Å². The predicted octanol–water partition coefficient (Wildman–Crippen LogP) is 2.83. The summed E-state index contributed by atoms with van der Waals surface area (Å²) in [4.78, 5) is 11.4. The van der Waals surface area contributed by atoms with E-state index >= 15 is 0 Å². The Kier molecular flexibility index (Phi) is 2.79. The molecule has 0 aromatic heterocycles. The summed E-state index contributed by atoms with van der Waals surface area (Å²) >= 11 is 0. The van der Waals surface area contributed by atoms with E-state index in [0.29, 0.717) is 13.2 Å². The topological polar surface area (TPSA) is 46.5 Å². The van der Waals surface area contributed by atoms with Gasteiger partial charge in [-0.1, -0.05) is 49.4 Å². The van der Waals surface area contributed by atoms with Gasteiger partial charge in [0, 0.05) is 0 Å². The van der Waals surface area contributed by atoms with Crippen LogP contribution in [0, 0.1) is 5.92 Å². The summed E-state index contributed by atoms with van der Waals surface area (Å²) in [7, 11) is 0. The average Bonchev–Trinajstić information content (AvgIpc) is 2.37. The van der Waals surface area contributed by atoms with Crippen LogP contribution in [0.3, 0.4) is 0 Å². The van der Waals surface area contributed by atoms with Gasteiger partial charge in [0.2, 0.25) is 0 Å². The van der Waals surface area contributed by atoms with E-state index in [1.807, 2.05) is 24.3 Å². The first kappa shape index (κ1) is 12.2. The minimum absolute atomic E-state index is 0.396. The van der Waals surface area contributed by atoms with E-state index < -0.39 is 17.3 Å². The lowest BCUT2D eigenvalue weighted by Crippen LogP contribution is -2.54. The molecule has 0 saturated carbocycles. The van der Waals surface area contributed by atoms with Gasteiger partial charge in [0.1, 0.15) is 0 Å². The highest BCUT2D eigenvalue weighted by molar-refractivity contribution is 5.88. The maximum Gasteiger partial charge on any atom is 0.307 e. The smallest absolute Gasteiger partial charge is 0.307 e. The van der Waals surface area contributed by atoms with Crippen molar-refractivity contribution in [3.05, 3.63) is 48.0 Å². The van der Waals surface area contributed by atoms with Crippen molar-refractivity contribution in [2.75, 3.05) is 13.2 Å². The molecule has 1 saturated heterocycles. The Morgan fingerprint density at radius 3 is 2.53 bits per heavy atom. The van der Waals surface area contributed by atoms with Crippen LogP contribution in [0.25, 0.3) is 10.8 Å². The molecule has 1 heterocycles. The summed E-state index contributed by atoms with van der Waals surface area (Å²) in [5.41, 5.74) is 0.693.